The van der Waals surface area contributed by atoms with Crippen LogP contribution in [0.25, 0.3) is 55.3 Å². The predicted octanol–water partition coefficient (Wildman–Crippen LogP) is 25.2. The molecule has 5 N–H and O–H groups in total. The molecular weight excluding hydrogens is 2160 g/mol. The van der Waals surface area contributed by atoms with Gasteiger partial charge in [0.1, 0.15) is 36.2 Å². The average molecular weight is 2250 g/mol. The second kappa shape index (κ2) is 46.1. The highest BCUT2D eigenvalue weighted by molar-refractivity contribution is 9.10. The van der Waals surface area contributed by atoms with Crippen molar-refractivity contribution in [3.63, 3.8) is 0 Å². The van der Waals surface area contributed by atoms with Crippen molar-refractivity contribution in [3.8, 4) is 55.3 Å². The normalized spacial score (nSPS) is 11.7. The lowest BCUT2D eigenvalue weighted by Crippen LogP contribution is -2.16. The van der Waals surface area contributed by atoms with E-state index in [9.17, 15) is 81.2 Å². The summed E-state index contributed by atoms with van der Waals surface area (Å²) in [5, 5.41) is 7.70. The third-order valence-electron chi connectivity index (χ3n) is 21.4. The number of sulfonamides is 5. The minimum absolute atomic E-state index is 0.0242. The summed E-state index contributed by atoms with van der Waals surface area (Å²) in [6.45, 7) is 5.65. The fourth-order valence-electron chi connectivity index (χ4n) is 14.3. The average Bonchev–Trinajstić information content (AvgIpc) is 1.61. The predicted molar refractivity (Wildman–Crippen MR) is 560 cm³/mol. The number of hydrogen-bond donors (Lipinski definition) is 5. The molecular formula is C103H83BrClF7N14O14S8. The summed E-state index contributed by atoms with van der Waals surface area (Å²) in [6.07, 6.45) is 16.4. The molecule has 45 heteroatoms. The molecule has 0 aliphatic carbocycles. The standard InChI is InChI=1S/C18H15F3N2O2S.2C18H15N3O3S2.C17H13F3N2O2S.C17H14FNO2S.C15H11BrClN3O2S/c1-13-4-7-15(8-5-13)26(24,25)22-16-12-14(18(19,20)21)6-9-17(16)23-10-2-3-11-23;1-13-4-5-15(21-10-2-3-11-21)14(12-13)20-26(22,23)18-7-6-17(25-18)16-8-9-19-24-16;1-13-4-5-16(21-9-2-3-10-21)15(12-13)20-26(22,23)18-7-6-17(25-18)14-8-11-24-19-14;18-17(19,20)13-8-9-16(22-10-4-5-11-22)15(12-13)21-25(23,24)14-6-2-1-3-7-14;18-15-7-9-16(10-8-15)22(20,21)13-14-5-1-2-6-17(14)19-11-3-4-12-19;16-12-9-11(10-18-15(12)17)23(21,22)19-13-5-1-2-6-14(13)20-7-3-4-8-20/h2-12,22H,1H3;2*2-12,20H,1H3;1-12,21H;1-12H,13H2;1-10,19H. The molecule has 0 aliphatic rings. The lowest BCUT2D eigenvalue weighted by Gasteiger charge is -2.16. The number of aromatic nitrogens is 9. The Morgan fingerprint density at radius 2 is 0.730 bits per heavy atom. The Hall–Kier alpha value is -15.4. The van der Waals surface area contributed by atoms with Crippen LogP contribution in [0.3, 0.4) is 0 Å². The van der Waals surface area contributed by atoms with E-state index in [1.165, 1.54) is 94.5 Å². The maximum absolute atomic E-state index is 13.1. The molecule has 20 aromatic rings. The zero-order valence-corrected chi connectivity index (χ0v) is 86.2. The second-order valence-electron chi connectivity index (χ2n) is 32.0. The smallest absolute Gasteiger partial charge is 0.364 e. The van der Waals surface area contributed by atoms with E-state index in [1.54, 1.807) is 129 Å². The van der Waals surface area contributed by atoms with Crippen LogP contribution in [0.2, 0.25) is 5.15 Å². The van der Waals surface area contributed by atoms with Crippen molar-refractivity contribution in [1.82, 2.24) is 42.7 Å². The Morgan fingerprint density at radius 3 is 1.17 bits per heavy atom. The fourth-order valence-corrected chi connectivity index (χ4v) is 24.1. The highest BCUT2D eigenvalue weighted by Gasteiger charge is 2.35. The van der Waals surface area contributed by atoms with E-state index < -0.39 is 89.3 Å². The quantitative estimate of drug-likeness (QED) is 0.0191. The minimum Gasteiger partial charge on any atom is -0.364 e. The molecule has 0 radical (unpaired) electrons. The number of para-hydroxylation sites is 3. The van der Waals surface area contributed by atoms with Crippen LogP contribution in [-0.4, -0.2) is 93.2 Å². The largest absolute Gasteiger partial charge is 0.416 e. The number of alkyl halides is 6. The molecule has 0 saturated carbocycles. The first-order valence-corrected chi connectivity index (χ1v) is 55.6. The Labute approximate surface area is 867 Å². The minimum atomic E-state index is -4.58. The zero-order chi connectivity index (χ0) is 105. The van der Waals surface area contributed by atoms with Crippen LogP contribution in [0.1, 0.15) is 33.4 Å². The van der Waals surface area contributed by atoms with Crippen molar-refractivity contribution >= 4 is 139 Å². The van der Waals surface area contributed by atoms with Gasteiger partial charge in [0.05, 0.1) is 109 Å². The van der Waals surface area contributed by atoms with Gasteiger partial charge in [0.2, 0.25) is 0 Å². The number of thiophene rings is 2. The molecule has 0 bridgehead atoms. The van der Waals surface area contributed by atoms with E-state index in [-0.39, 0.29) is 56.0 Å². The Kier molecular flexibility index (Phi) is 33.3. The highest BCUT2D eigenvalue weighted by Crippen LogP contribution is 2.40. The van der Waals surface area contributed by atoms with Crippen molar-refractivity contribution in [2.45, 2.75) is 66.9 Å². The number of halogens is 9. The van der Waals surface area contributed by atoms with Crippen LogP contribution in [-0.2, 0) is 78.1 Å². The number of benzene rings is 9. The van der Waals surface area contributed by atoms with Crippen LogP contribution < -0.4 is 23.6 Å². The molecule has 0 spiro atoms. The third kappa shape index (κ3) is 27.3. The van der Waals surface area contributed by atoms with Gasteiger partial charge in [0.15, 0.2) is 15.6 Å². The van der Waals surface area contributed by atoms with Crippen molar-refractivity contribution in [3.05, 3.63) is 457 Å². The highest BCUT2D eigenvalue weighted by atomic mass is 79.9. The van der Waals surface area contributed by atoms with Crippen LogP contribution in [0.15, 0.2) is 450 Å². The van der Waals surface area contributed by atoms with Crippen LogP contribution in [0, 0.1) is 26.6 Å². The number of sulfone groups is 1. The molecule has 28 nitrogen and oxygen atoms in total. The molecule has 11 heterocycles. The summed E-state index contributed by atoms with van der Waals surface area (Å²) in [4.78, 5) is 5.37. The first-order valence-electron chi connectivity index (χ1n) is 43.7. The maximum atomic E-state index is 13.1. The lowest BCUT2D eigenvalue weighted by molar-refractivity contribution is -0.138. The van der Waals surface area contributed by atoms with Gasteiger partial charge in [0, 0.05) is 98.4 Å². The molecule has 148 heavy (non-hydrogen) atoms. The number of hydrogen-bond acceptors (Lipinski definition) is 19. The van der Waals surface area contributed by atoms with Gasteiger partial charge in [-0.15, -0.1) is 22.7 Å². The molecule has 11 aromatic heterocycles. The van der Waals surface area contributed by atoms with Crippen LogP contribution >= 0.6 is 50.2 Å². The van der Waals surface area contributed by atoms with Crippen molar-refractivity contribution < 1.29 is 90.3 Å². The first-order chi connectivity index (χ1) is 70.5. The van der Waals surface area contributed by atoms with Gasteiger partial charge in [-0.2, -0.15) is 26.3 Å². The molecule has 0 unspecified atom stereocenters. The Morgan fingerprint density at radius 1 is 0.358 bits per heavy atom. The van der Waals surface area contributed by atoms with Gasteiger partial charge in [-0.3, -0.25) is 23.6 Å². The van der Waals surface area contributed by atoms with E-state index in [2.05, 4.69) is 54.8 Å². The molecule has 0 saturated heterocycles. The first kappa shape index (κ1) is 107. The Bertz CT molecular complexity index is 8480. The molecule has 9 aromatic carbocycles. The van der Waals surface area contributed by atoms with E-state index in [4.69, 9.17) is 20.6 Å². The van der Waals surface area contributed by atoms with Crippen molar-refractivity contribution in [2.75, 3.05) is 23.6 Å². The number of rotatable bonds is 26. The topological polar surface area (TPSA) is 360 Å². The number of anilines is 5. The van der Waals surface area contributed by atoms with Crippen LogP contribution in [0.4, 0.5) is 59.2 Å². The summed E-state index contributed by atoms with van der Waals surface area (Å²) < 4.78 is 277. The van der Waals surface area contributed by atoms with Gasteiger partial charge in [-0.25, -0.2) is 59.9 Å². The van der Waals surface area contributed by atoms with Gasteiger partial charge in [0.25, 0.3) is 50.1 Å². The number of nitrogens with zero attached hydrogens (tertiary/aromatic N) is 9. The maximum Gasteiger partial charge on any atom is 0.416 e. The van der Waals surface area contributed by atoms with E-state index in [0.717, 1.165) is 103 Å². The van der Waals surface area contributed by atoms with Crippen molar-refractivity contribution in [1.29, 1.82) is 0 Å². The number of nitrogens with one attached hydrogen (secondary N) is 5. The van der Waals surface area contributed by atoms with E-state index in [1.807, 2.05) is 197 Å². The number of pyridine rings is 1. The third-order valence-corrected chi connectivity index (χ3v) is 34.2. The summed E-state index contributed by atoms with van der Waals surface area (Å²) in [5.41, 5.74) is 7.09. The van der Waals surface area contributed by atoms with Gasteiger partial charge >= 0.3 is 12.4 Å². The van der Waals surface area contributed by atoms with Gasteiger partial charge in [-0.05, 0) is 284 Å². The summed E-state index contributed by atoms with van der Waals surface area (Å²) in [5.74, 6) is -0.0424. The zero-order valence-electron chi connectivity index (χ0n) is 77.3. The van der Waals surface area contributed by atoms with Gasteiger partial charge in [-0.1, -0.05) is 100 Å². The van der Waals surface area contributed by atoms with E-state index in [0.29, 0.717) is 49.1 Å². The summed E-state index contributed by atoms with van der Waals surface area (Å²) >= 11 is 11.3. The second-order valence-corrected chi connectivity index (χ2v) is 46.2. The summed E-state index contributed by atoms with van der Waals surface area (Å²) in [7, 11) is -22.8. The van der Waals surface area contributed by atoms with Gasteiger partial charge < -0.3 is 36.4 Å². The van der Waals surface area contributed by atoms with Crippen LogP contribution in [0.5, 0.6) is 0 Å². The molecule has 760 valence electrons. The summed E-state index contributed by atoms with van der Waals surface area (Å²) in [6, 6.07) is 83.2. The SMILES string of the molecule is Cc1ccc(-n2cccc2)c(NS(=O)(=O)c2ccc(-c3ccno3)s2)c1.Cc1ccc(-n2cccc2)c(NS(=O)(=O)c2ccc(-c3ccon3)s2)c1.Cc1ccc(S(=O)(=O)Nc2cc(C(F)(F)F)ccc2-n2cccc2)cc1.O=S(=O)(Cc1ccccc1-n1cccc1)c1ccc(F)cc1.O=S(=O)(Nc1cc(C(F)(F)F)ccc1-n1cccc1)c1ccccc1.O=S(=O)(Nc1ccccc1-n1cccc1)c1cnc(Cl)c(Br)c1. The van der Waals surface area contributed by atoms with E-state index >= 15 is 0 Å². The molecule has 0 fully saturated rings. The lowest BCUT2D eigenvalue weighted by atomic mass is 10.1. The molecule has 0 atom stereocenters. The van der Waals surface area contributed by atoms with Crippen molar-refractivity contribution in [2.24, 2.45) is 0 Å². The molecule has 0 aliphatic heterocycles. The number of aryl methyl sites for hydroxylation is 3. The molecule has 0 amide bonds. The monoisotopic (exact) mass is 2240 g/mol. The fraction of sp³-hybridized carbons (Fsp3) is 0.0583. The molecule has 20 rings (SSSR count). The Balaban J connectivity index is 0.000000133.